The van der Waals surface area contributed by atoms with Gasteiger partial charge in [-0.1, -0.05) is 50.0 Å². The zero-order valence-corrected chi connectivity index (χ0v) is 27.1. The first kappa shape index (κ1) is 32.3. The van der Waals surface area contributed by atoms with Crippen LogP contribution in [0.3, 0.4) is 0 Å². The molecule has 1 unspecified atom stereocenters. The molecule has 2 saturated carbocycles. The Morgan fingerprint density at radius 1 is 1.16 bits per heavy atom. The maximum Gasteiger partial charge on any atom is 0.408 e. The largest absolute Gasteiger partial charge is 0.470 e. The number of allylic oxidation sites excluding steroid dienone is 1. The van der Waals surface area contributed by atoms with Gasteiger partial charge < -0.3 is 24.4 Å². The number of carbonyl (C=O) groups is 3. The van der Waals surface area contributed by atoms with Crippen LogP contribution in [-0.2, 0) is 19.1 Å². The first-order chi connectivity index (χ1) is 20.9. The van der Waals surface area contributed by atoms with Gasteiger partial charge in [0, 0.05) is 11.4 Å². The quantitative estimate of drug-likeness (QED) is 0.190. The Hall–Kier alpha value is -3.11. The zero-order chi connectivity index (χ0) is 31.8. The first-order valence-electron chi connectivity index (χ1n) is 15.2. The van der Waals surface area contributed by atoms with Crippen molar-refractivity contribution in [3.05, 3.63) is 41.0 Å². The molecule has 2 amide bonds. The summed E-state index contributed by atoms with van der Waals surface area (Å²) in [6.45, 7) is 9.41. The lowest BCUT2D eigenvalue weighted by Crippen LogP contribution is -2.57. The number of benzene rings is 1. The summed E-state index contributed by atoms with van der Waals surface area (Å²) in [5.41, 5.74) is 0.347. The van der Waals surface area contributed by atoms with Gasteiger partial charge in [-0.2, -0.15) is 0 Å². The number of ether oxygens (including phenoxy) is 3. The van der Waals surface area contributed by atoms with E-state index in [4.69, 9.17) is 37.4 Å². The van der Waals surface area contributed by atoms with Crippen molar-refractivity contribution < 1.29 is 28.6 Å². The highest BCUT2D eigenvalue weighted by Gasteiger charge is 2.54. The molecular formula is C32H40Cl2N4O6. The van der Waals surface area contributed by atoms with Crippen LogP contribution in [0.4, 0.5) is 4.79 Å². The van der Waals surface area contributed by atoms with E-state index in [1.165, 1.54) is 18.4 Å². The second-order valence-electron chi connectivity index (χ2n) is 13.1. The van der Waals surface area contributed by atoms with Crippen LogP contribution < -0.4 is 10.1 Å². The van der Waals surface area contributed by atoms with E-state index in [9.17, 15) is 14.4 Å². The molecule has 238 valence electrons. The van der Waals surface area contributed by atoms with E-state index in [1.54, 1.807) is 18.2 Å². The minimum Gasteiger partial charge on any atom is -0.470 e. The van der Waals surface area contributed by atoms with E-state index < -0.39 is 41.6 Å². The second-order valence-corrected chi connectivity index (χ2v) is 13.9. The van der Waals surface area contributed by atoms with E-state index in [1.807, 2.05) is 26.8 Å². The Labute approximate surface area is 267 Å². The molecular weight excluding hydrogens is 607 g/mol. The van der Waals surface area contributed by atoms with Gasteiger partial charge in [0.25, 0.3) is 5.88 Å². The molecule has 2 aliphatic carbocycles. The van der Waals surface area contributed by atoms with Gasteiger partial charge in [0.2, 0.25) is 5.91 Å². The standard InChI is InChI=1S/C32H40Cl2N4O6/c1-6-7-8-9-20-21-12-17(21)13-25(20)44-31(41)37-26(32(2,3)4)29(39)38-16-19(15-24(38)30(40)42-5)43-28-27(34)35-22-11-10-18(33)14-23(22)36-28/h6,10-11,14,17,19-21,24-26H,1,7-9,12-13,15-16H2,2-5H3,(H,37,41)/t17?,19-,20-,21+,24+,25-,26-/m1/s1. The van der Waals surface area contributed by atoms with Crippen LogP contribution in [-0.4, -0.2) is 70.8 Å². The molecule has 0 bridgehead atoms. The molecule has 1 aromatic carbocycles. The molecule has 44 heavy (non-hydrogen) atoms. The maximum atomic E-state index is 14.1. The van der Waals surface area contributed by atoms with Crippen molar-refractivity contribution in [2.75, 3.05) is 13.7 Å². The van der Waals surface area contributed by atoms with Crippen molar-refractivity contribution in [1.82, 2.24) is 20.2 Å². The van der Waals surface area contributed by atoms with E-state index in [0.29, 0.717) is 33.8 Å². The maximum absolute atomic E-state index is 14.1. The van der Waals surface area contributed by atoms with Crippen LogP contribution in [0.2, 0.25) is 10.2 Å². The van der Waals surface area contributed by atoms with Gasteiger partial charge in [-0.25, -0.2) is 19.6 Å². The molecule has 2 aromatic rings. The van der Waals surface area contributed by atoms with Crippen molar-refractivity contribution in [1.29, 1.82) is 0 Å². The fourth-order valence-electron chi connectivity index (χ4n) is 6.66. The number of hydrogen-bond donors (Lipinski definition) is 1. The third-order valence-electron chi connectivity index (χ3n) is 8.97. The van der Waals surface area contributed by atoms with Gasteiger partial charge in [-0.3, -0.25) is 4.79 Å². The third kappa shape index (κ3) is 7.07. The molecule has 1 saturated heterocycles. The number of unbranched alkanes of at least 4 members (excludes halogenated alkanes) is 1. The average Bonchev–Trinajstić information content (AvgIpc) is 3.46. The van der Waals surface area contributed by atoms with E-state index >= 15 is 0 Å². The molecule has 3 aliphatic rings. The Balaban J connectivity index is 1.29. The summed E-state index contributed by atoms with van der Waals surface area (Å²) in [6.07, 6.45) is 5.60. The minimum absolute atomic E-state index is 0.0449. The molecule has 1 N–H and O–H groups in total. The van der Waals surface area contributed by atoms with Crippen molar-refractivity contribution in [3.8, 4) is 5.88 Å². The summed E-state index contributed by atoms with van der Waals surface area (Å²) in [6, 6.07) is 3.13. The fourth-order valence-corrected chi connectivity index (χ4v) is 7.01. The second kappa shape index (κ2) is 13.1. The molecule has 7 atom stereocenters. The number of amides is 2. The molecule has 5 rings (SSSR count). The summed E-state index contributed by atoms with van der Waals surface area (Å²) in [4.78, 5) is 50.4. The smallest absolute Gasteiger partial charge is 0.408 e. The Kier molecular flexibility index (Phi) is 9.61. The Morgan fingerprint density at radius 2 is 1.93 bits per heavy atom. The van der Waals surface area contributed by atoms with Crippen molar-refractivity contribution in [2.45, 2.75) is 83.6 Å². The number of aromatic nitrogens is 2. The number of fused-ring (bicyclic) bond motifs is 2. The Morgan fingerprint density at radius 3 is 2.64 bits per heavy atom. The highest BCUT2D eigenvalue weighted by atomic mass is 35.5. The lowest BCUT2D eigenvalue weighted by Gasteiger charge is -2.35. The number of esters is 1. The van der Waals surface area contributed by atoms with Crippen LogP contribution in [0.1, 0.15) is 59.3 Å². The summed E-state index contributed by atoms with van der Waals surface area (Å²) < 4.78 is 17.1. The summed E-state index contributed by atoms with van der Waals surface area (Å²) in [7, 11) is 1.27. The SMILES string of the molecule is C=CCCC[C@H]1[C@H](OC(=O)N[C@H](C(=O)N2C[C@H](Oc3nc4cc(Cl)ccc4nc3Cl)C[C@H]2C(=O)OC)C(C)(C)C)CC2C[C@@H]21. The third-order valence-corrected chi connectivity index (χ3v) is 9.45. The first-order valence-corrected chi connectivity index (χ1v) is 15.9. The average molecular weight is 648 g/mol. The van der Waals surface area contributed by atoms with E-state index in [2.05, 4.69) is 21.9 Å². The molecule has 12 heteroatoms. The summed E-state index contributed by atoms with van der Waals surface area (Å²) in [5, 5.41) is 3.36. The molecule has 1 aromatic heterocycles. The highest BCUT2D eigenvalue weighted by Crippen LogP contribution is 2.57. The molecule has 0 radical (unpaired) electrons. The van der Waals surface area contributed by atoms with Gasteiger partial charge in [-0.15, -0.1) is 6.58 Å². The van der Waals surface area contributed by atoms with Gasteiger partial charge in [0.05, 0.1) is 24.7 Å². The van der Waals surface area contributed by atoms with Gasteiger partial charge >= 0.3 is 12.1 Å². The van der Waals surface area contributed by atoms with Crippen LogP contribution in [0.15, 0.2) is 30.9 Å². The highest BCUT2D eigenvalue weighted by molar-refractivity contribution is 6.32. The molecule has 3 fully saturated rings. The number of alkyl carbamates (subject to hydrolysis) is 1. The normalized spacial score (nSPS) is 26.5. The zero-order valence-electron chi connectivity index (χ0n) is 25.6. The number of rotatable bonds is 10. The van der Waals surface area contributed by atoms with E-state index in [0.717, 1.165) is 25.7 Å². The van der Waals surface area contributed by atoms with Crippen molar-refractivity contribution in [3.63, 3.8) is 0 Å². The number of nitrogens with zero attached hydrogens (tertiary/aromatic N) is 3. The monoisotopic (exact) mass is 646 g/mol. The van der Waals surface area contributed by atoms with Crippen molar-refractivity contribution >= 4 is 52.2 Å². The van der Waals surface area contributed by atoms with Crippen LogP contribution in [0, 0.1) is 23.2 Å². The topological polar surface area (TPSA) is 120 Å². The number of hydrogen-bond acceptors (Lipinski definition) is 8. The van der Waals surface area contributed by atoms with Gasteiger partial charge in [0.1, 0.15) is 24.3 Å². The number of halogens is 2. The molecule has 10 nitrogen and oxygen atoms in total. The van der Waals surface area contributed by atoms with Crippen LogP contribution in [0.5, 0.6) is 5.88 Å². The fraction of sp³-hybridized carbons (Fsp3) is 0.594. The van der Waals surface area contributed by atoms with Crippen molar-refractivity contribution in [2.24, 2.45) is 23.2 Å². The predicted octanol–water partition coefficient (Wildman–Crippen LogP) is 5.98. The van der Waals surface area contributed by atoms with E-state index in [-0.39, 0.29) is 30.1 Å². The van der Waals surface area contributed by atoms with Crippen LogP contribution in [0.25, 0.3) is 11.0 Å². The predicted molar refractivity (Wildman–Crippen MR) is 167 cm³/mol. The number of carbonyl (C=O) groups excluding carboxylic acids is 3. The van der Waals surface area contributed by atoms with Gasteiger partial charge in [-0.05, 0) is 73.5 Å². The lowest BCUT2D eigenvalue weighted by molar-refractivity contribution is -0.152. The minimum atomic E-state index is -0.970. The molecule has 1 aliphatic heterocycles. The number of methoxy groups -OCH3 is 1. The lowest BCUT2D eigenvalue weighted by atomic mass is 9.85. The number of nitrogens with one attached hydrogen (secondary N) is 1. The summed E-state index contributed by atoms with van der Waals surface area (Å²) in [5.74, 6) is 0.593. The molecule has 2 heterocycles. The Bertz CT molecular complexity index is 1430. The number of likely N-dealkylation sites (tertiary alicyclic amines) is 1. The van der Waals surface area contributed by atoms with Gasteiger partial charge in [0.15, 0.2) is 5.15 Å². The van der Waals surface area contributed by atoms with Crippen LogP contribution >= 0.6 is 23.2 Å². The molecule has 0 spiro atoms. The summed E-state index contributed by atoms with van der Waals surface area (Å²) >= 11 is 12.5.